The molecule has 18 heavy (non-hydrogen) atoms. The minimum atomic E-state index is -0.808. The van der Waals surface area contributed by atoms with Gasteiger partial charge in [-0.15, -0.1) is 0 Å². The Morgan fingerprint density at radius 2 is 1.94 bits per heavy atom. The van der Waals surface area contributed by atoms with Crippen LogP contribution in [0.3, 0.4) is 0 Å². The Morgan fingerprint density at radius 3 is 2.39 bits per heavy atom. The number of carbonyl (C=O) groups is 1. The van der Waals surface area contributed by atoms with E-state index in [0.29, 0.717) is 19.4 Å². The van der Waals surface area contributed by atoms with E-state index in [1.807, 2.05) is 0 Å². The summed E-state index contributed by atoms with van der Waals surface area (Å²) in [7, 11) is 0. The van der Waals surface area contributed by atoms with E-state index in [-0.39, 0.29) is 18.0 Å². The van der Waals surface area contributed by atoms with Crippen LogP contribution in [0.25, 0.3) is 0 Å². The Labute approximate surface area is 105 Å². The zero-order chi connectivity index (χ0) is 13.3. The summed E-state index contributed by atoms with van der Waals surface area (Å²) < 4.78 is 27.0. The van der Waals surface area contributed by atoms with Crippen LogP contribution in [0, 0.1) is 11.6 Å². The van der Waals surface area contributed by atoms with Crippen LogP contribution in [0.2, 0.25) is 0 Å². The highest BCUT2D eigenvalue weighted by Gasteiger charge is 2.47. The molecule has 5 heteroatoms. The molecule has 1 saturated carbocycles. The second-order valence-corrected chi connectivity index (χ2v) is 4.68. The molecular formula is C13H16F2N2O. The number of hydrogen-bond donors (Lipinski definition) is 1. The number of halogens is 2. The van der Waals surface area contributed by atoms with Gasteiger partial charge in [-0.1, -0.05) is 6.07 Å². The maximum atomic E-state index is 13.5. The van der Waals surface area contributed by atoms with Gasteiger partial charge in [0.15, 0.2) is 0 Å². The molecular weight excluding hydrogens is 238 g/mol. The molecule has 0 aliphatic heterocycles. The third-order valence-electron chi connectivity index (χ3n) is 3.29. The van der Waals surface area contributed by atoms with Gasteiger partial charge in [-0.25, -0.2) is 8.78 Å². The molecule has 0 heterocycles. The second-order valence-electron chi connectivity index (χ2n) is 4.68. The van der Waals surface area contributed by atoms with Crippen molar-refractivity contribution in [1.29, 1.82) is 0 Å². The molecule has 3 nitrogen and oxygen atoms in total. The van der Waals surface area contributed by atoms with Crippen molar-refractivity contribution < 1.29 is 13.6 Å². The van der Waals surface area contributed by atoms with Crippen molar-refractivity contribution in [2.75, 3.05) is 6.54 Å². The number of hydrogen-bond acceptors (Lipinski definition) is 2. The second kappa shape index (κ2) is 4.65. The van der Waals surface area contributed by atoms with Crippen molar-refractivity contribution in [3.63, 3.8) is 0 Å². The number of nitrogens with zero attached hydrogens (tertiary/aromatic N) is 1. The summed E-state index contributed by atoms with van der Waals surface area (Å²) in [6.07, 6.45) is 1.28. The fraction of sp³-hybridized carbons (Fsp3) is 0.462. The minimum Gasteiger partial charge on any atom is -0.337 e. The smallest absolute Gasteiger partial charge is 0.242 e. The van der Waals surface area contributed by atoms with E-state index in [1.165, 1.54) is 23.1 Å². The average molecular weight is 254 g/mol. The molecule has 0 unspecified atom stereocenters. The molecule has 1 fully saturated rings. The van der Waals surface area contributed by atoms with Crippen molar-refractivity contribution in [2.45, 2.75) is 31.8 Å². The summed E-state index contributed by atoms with van der Waals surface area (Å²) in [6, 6.07) is 3.68. The van der Waals surface area contributed by atoms with Crippen LogP contribution in [-0.2, 0) is 11.3 Å². The molecule has 0 saturated heterocycles. The first-order chi connectivity index (χ1) is 8.48. The zero-order valence-corrected chi connectivity index (χ0v) is 10.2. The Bertz CT molecular complexity index is 452. The van der Waals surface area contributed by atoms with Gasteiger partial charge in [0, 0.05) is 12.1 Å². The maximum Gasteiger partial charge on any atom is 0.242 e. The summed E-state index contributed by atoms with van der Waals surface area (Å²) in [4.78, 5) is 13.4. The first-order valence-corrected chi connectivity index (χ1v) is 5.99. The van der Waals surface area contributed by atoms with Crippen LogP contribution < -0.4 is 5.73 Å². The molecule has 2 N–H and O–H groups in total. The lowest BCUT2D eigenvalue weighted by molar-refractivity contribution is -0.134. The van der Waals surface area contributed by atoms with E-state index < -0.39 is 17.2 Å². The highest BCUT2D eigenvalue weighted by Crippen LogP contribution is 2.34. The van der Waals surface area contributed by atoms with Crippen LogP contribution in [0.5, 0.6) is 0 Å². The molecule has 1 amide bonds. The quantitative estimate of drug-likeness (QED) is 0.890. The van der Waals surface area contributed by atoms with Gasteiger partial charge < -0.3 is 10.6 Å². The van der Waals surface area contributed by atoms with Gasteiger partial charge in [-0.05, 0) is 31.9 Å². The molecule has 0 bridgehead atoms. The van der Waals surface area contributed by atoms with Crippen LogP contribution in [0.4, 0.5) is 8.78 Å². The fourth-order valence-electron chi connectivity index (χ4n) is 1.86. The highest BCUT2D eigenvalue weighted by atomic mass is 19.1. The molecule has 1 aliphatic carbocycles. The lowest BCUT2D eigenvalue weighted by atomic mass is 10.1. The number of amides is 1. The van der Waals surface area contributed by atoms with Gasteiger partial charge in [-0.2, -0.15) is 0 Å². The number of nitrogens with two attached hydrogens (primary N) is 1. The van der Waals surface area contributed by atoms with Crippen LogP contribution in [0.1, 0.15) is 25.3 Å². The van der Waals surface area contributed by atoms with Crippen molar-refractivity contribution in [1.82, 2.24) is 4.90 Å². The van der Waals surface area contributed by atoms with E-state index >= 15 is 0 Å². The van der Waals surface area contributed by atoms with E-state index in [1.54, 1.807) is 6.92 Å². The van der Waals surface area contributed by atoms with Crippen LogP contribution in [0.15, 0.2) is 18.2 Å². The van der Waals surface area contributed by atoms with Gasteiger partial charge in [0.2, 0.25) is 5.91 Å². The Balaban J connectivity index is 2.18. The van der Waals surface area contributed by atoms with E-state index in [9.17, 15) is 13.6 Å². The Kier molecular flexibility index (Phi) is 3.34. The molecule has 2 rings (SSSR count). The summed E-state index contributed by atoms with van der Waals surface area (Å²) in [5.41, 5.74) is 4.92. The molecule has 0 spiro atoms. The van der Waals surface area contributed by atoms with Crippen molar-refractivity contribution in [3.8, 4) is 0 Å². The van der Waals surface area contributed by atoms with Crippen molar-refractivity contribution in [3.05, 3.63) is 35.4 Å². The molecule has 0 aromatic heterocycles. The minimum absolute atomic E-state index is 0.0766. The first kappa shape index (κ1) is 13.0. The molecule has 0 radical (unpaired) electrons. The summed E-state index contributed by atoms with van der Waals surface area (Å²) in [5, 5.41) is 0. The normalized spacial score (nSPS) is 16.4. The van der Waals surface area contributed by atoms with Gasteiger partial charge >= 0.3 is 0 Å². The van der Waals surface area contributed by atoms with Gasteiger partial charge in [-0.3, -0.25) is 4.79 Å². The summed E-state index contributed by atoms with van der Waals surface area (Å²) in [5.74, 6) is -1.50. The predicted octanol–water partition coefficient (Wildman–Crippen LogP) is 1.80. The lowest BCUT2D eigenvalue weighted by Gasteiger charge is -2.24. The summed E-state index contributed by atoms with van der Waals surface area (Å²) >= 11 is 0. The monoisotopic (exact) mass is 254 g/mol. The van der Waals surface area contributed by atoms with Gasteiger partial charge in [0.25, 0.3) is 0 Å². The lowest BCUT2D eigenvalue weighted by Crippen LogP contribution is -2.45. The van der Waals surface area contributed by atoms with E-state index in [2.05, 4.69) is 0 Å². The predicted molar refractivity (Wildman–Crippen MR) is 63.6 cm³/mol. The standard InChI is InChI=1S/C13H16F2N2O/c1-2-17(12(18)13(16)6-7-13)8-9-10(14)4-3-5-11(9)15/h3-5H,2,6-8,16H2,1H3. The number of rotatable bonds is 4. The van der Waals surface area contributed by atoms with Gasteiger partial charge in [0.05, 0.1) is 12.1 Å². The zero-order valence-electron chi connectivity index (χ0n) is 10.2. The van der Waals surface area contributed by atoms with E-state index in [4.69, 9.17) is 5.73 Å². The van der Waals surface area contributed by atoms with Gasteiger partial charge in [0.1, 0.15) is 11.6 Å². The third-order valence-corrected chi connectivity index (χ3v) is 3.29. The maximum absolute atomic E-state index is 13.5. The molecule has 98 valence electrons. The Hall–Kier alpha value is -1.49. The summed E-state index contributed by atoms with van der Waals surface area (Å²) in [6.45, 7) is 2.07. The molecule has 1 aromatic carbocycles. The third kappa shape index (κ3) is 2.36. The first-order valence-electron chi connectivity index (χ1n) is 5.99. The fourth-order valence-corrected chi connectivity index (χ4v) is 1.86. The Morgan fingerprint density at radius 1 is 1.39 bits per heavy atom. The van der Waals surface area contributed by atoms with Crippen molar-refractivity contribution in [2.24, 2.45) is 5.73 Å². The molecule has 0 atom stereocenters. The number of likely N-dealkylation sites (N-methyl/N-ethyl adjacent to an activating group) is 1. The van der Waals surface area contributed by atoms with Crippen LogP contribution in [-0.4, -0.2) is 22.9 Å². The number of carbonyl (C=O) groups excluding carboxylic acids is 1. The average Bonchev–Trinajstić information content (AvgIpc) is 3.08. The molecule has 1 aliphatic rings. The SMILES string of the molecule is CCN(Cc1c(F)cccc1F)C(=O)C1(N)CC1. The molecule has 1 aromatic rings. The largest absolute Gasteiger partial charge is 0.337 e. The topological polar surface area (TPSA) is 46.3 Å². The van der Waals surface area contributed by atoms with E-state index in [0.717, 1.165) is 0 Å². The number of benzene rings is 1. The highest BCUT2D eigenvalue weighted by molar-refractivity contribution is 5.89. The van der Waals surface area contributed by atoms with Crippen LogP contribution >= 0.6 is 0 Å². The van der Waals surface area contributed by atoms with Crippen molar-refractivity contribution >= 4 is 5.91 Å².